The number of nitrogens with zero attached hydrogens (tertiary/aromatic N) is 1. The number of nitrogens with one attached hydrogen (secondary N) is 1. The van der Waals surface area contributed by atoms with E-state index in [1.165, 1.54) is 77.0 Å². The van der Waals surface area contributed by atoms with Crippen LogP contribution >= 0.6 is 12.2 Å². The zero-order valence-corrected chi connectivity index (χ0v) is 17.1. The summed E-state index contributed by atoms with van der Waals surface area (Å²) in [7, 11) is 0. The third-order valence-electron chi connectivity index (χ3n) is 8.96. The summed E-state index contributed by atoms with van der Waals surface area (Å²) in [6.45, 7) is 0. The maximum atomic E-state index is 6.26. The minimum Gasteiger partial charge on any atom is -0.399 e. The summed E-state index contributed by atoms with van der Waals surface area (Å²) in [5, 5.41) is 4.07. The van der Waals surface area contributed by atoms with E-state index in [2.05, 4.69) is 5.32 Å². The fraction of sp³-hybridized carbons (Fsp3) is 0.909. The summed E-state index contributed by atoms with van der Waals surface area (Å²) < 4.78 is 5.88. The van der Waals surface area contributed by atoms with E-state index in [1.807, 2.05) is 0 Å². The zero-order chi connectivity index (χ0) is 18.2. The maximum Gasteiger partial charge on any atom is 0.289 e. The Bertz CT molecular complexity index is 616. The highest BCUT2D eigenvalue weighted by Crippen LogP contribution is 2.57. The molecular weight excluding hydrogens is 354 g/mol. The molecule has 8 rings (SSSR count). The van der Waals surface area contributed by atoms with Crippen LogP contribution in [0.2, 0.25) is 0 Å². The molecule has 3 N–H and O–H groups in total. The van der Waals surface area contributed by atoms with E-state index in [9.17, 15) is 0 Å². The summed E-state index contributed by atoms with van der Waals surface area (Å²) in [5.41, 5.74) is 6.49. The molecule has 8 aliphatic carbocycles. The summed E-state index contributed by atoms with van der Waals surface area (Å²) in [4.78, 5) is 4.95. The van der Waals surface area contributed by atoms with Gasteiger partial charge in [0.05, 0.1) is 5.54 Å². The van der Waals surface area contributed by atoms with Gasteiger partial charge in [-0.05, 0) is 125 Å². The Hall–Kier alpha value is -0.840. The average molecular weight is 388 g/mol. The van der Waals surface area contributed by atoms with Crippen molar-refractivity contribution >= 4 is 23.4 Å². The molecule has 5 heteroatoms. The monoisotopic (exact) mass is 387 g/mol. The Kier molecular flexibility index (Phi) is 3.69. The lowest BCUT2D eigenvalue weighted by atomic mass is 9.53. The average Bonchev–Trinajstić information content (AvgIpc) is 2.50. The smallest absolute Gasteiger partial charge is 0.289 e. The molecule has 0 spiro atoms. The van der Waals surface area contributed by atoms with Crippen LogP contribution in [0.5, 0.6) is 0 Å². The van der Waals surface area contributed by atoms with Gasteiger partial charge in [0.15, 0.2) is 0 Å². The van der Waals surface area contributed by atoms with E-state index >= 15 is 0 Å². The van der Waals surface area contributed by atoms with Gasteiger partial charge in [0.2, 0.25) is 0 Å². The van der Waals surface area contributed by atoms with Crippen molar-refractivity contribution in [3.05, 3.63) is 0 Å². The Morgan fingerprint density at radius 3 is 1.63 bits per heavy atom. The topological polar surface area (TPSA) is 59.6 Å². The van der Waals surface area contributed by atoms with Crippen molar-refractivity contribution in [2.24, 2.45) is 46.2 Å². The Labute approximate surface area is 168 Å². The van der Waals surface area contributed by atoms with Crippen LogP contribution in [0.4, 0.5) is 0 Å². The lowest BCUT2D eigenvalue weighted by molar-refractivity contribution is -0.0116. The van der Waals surface area contributed by atoms with E-state index < -0.39 is 0 Å². The highest BCUT2D eigenvalue weighted by molar-refractivity contribution is 7.80. The number of amidine groups is 1. The number of thiocarbonyl (C=S) groups is 1. The molecule has 8 saturated carbocycles. The molecule has 0 radical (unpaired) electrons. The highest BCUT2D eigenvalue weighted by Gasteiger charge is 2.52. The molecule has 0 amide bonds. The van der Waals surface area contributed by atoms with E-state index in [0.29, 0.717) is 11.2 Å². The molecule has 0 aromatic heterocycles. The first-order valence-electron chi connectivity index (χ1n) is 11.3. The second kappa shape index (κ2) is 5.84. The summed E-state index contributed by atoms with van der Waals surface area (Å²) in [6.07, 6.45) is 16.0. The summed E-state index contributed by atoms with van der Waals surface area (Å²) in [5.74, 6) is 5.28. The molecule has 8 aliphatic rings. The van der Waals surface area contributed by atoms with E-state index in [0.717, 1.165) is 35.5 Å². The van der Waals surface area contributed by atoms with Gasteiger partial charge >= 0.3 is 0 Å². The lowest BCUT2D eigenvalue weighted by Gasteiger charge is -2.57. The van der Waals surface area contributed by atoms with Gasteiger partial charge in [-0.1, -0.05) is 0 Å². The van der Waals surface area contributed by atoms with Gasteiger partial charge in [0.25, 0.3) is 11.2 Å². The molecular formula is C22H33N3OS. The third-order valence-corrected chi connectivity index (χ3v) is 9.14. The van der Waals surface area contributed by atoms with E-state index in [-0.39, 0.29) is 11.1 Å². The van der Waals surface area contributed by atoms with Crippen molar-refractivity contribution in [2.45, 2.75) is 88.1 Å². The van der Waals surface area contributed by atoms with Gasteiger partial charge in [0, 0.05) is 5.54 Å². The molecule has 0 aromatic rings. The minimum atomic E-state index is 0.0507. The number of aliphatic imine (C=N–C) groups is 1. The second-order valence-corrected chi connectivity index (χ2v) is 11.7. The zero-order valence-electron chi connectivity index (χ0n) is 16.3. The predicted octanol–water partition coefficient (Wildman–Crippen LogP) is 4.13. The number of hydrogen-bond donors (Lipinski definition) is 2. The molecule has 0 saturated heterocycles. The van der Waals surface area contributed by atoms with Gasteiger partial charge in [-0.25, -0.2) is 4.99 Å². The molecule has 8 fully saturated rings. The van der Waals surface area contributed by atoms with Crippen LogP contribution in [0.3, 0.4) is 0 Å². The first kappa shape index (κ1) is 17.1. The molecule has 0 unspecified atom stereocenters. The molecule has 0 aliphatic heterocycles. The van der Waals surface area contributed by atoms with Crippen molar-refractivity contribution in [3.63, 3.8) is 0 Å². The normalized spacial score (nSPS) is 52.2. The van der Waals surface area contributed by atoms with Gasteiger partial charge in [-0.3, -0.25) is 0 Å². The van der Waals surface area contributed by atoms with E-state index in [1.54, 1.807) is 0 Å². The molecule has 0 atom stereocenters. The molecule has 0 aromatic carbocycles. The predicted molar refractivity (Wildman–Crippen MR) is 110 cm³/mol. The Morgan fingerprint density at radius 2 is 1.19 bits per heavy atom. The molecule has 27 heavy (non-hydrogen) atoms. The number of rotatable bonds is 2. The van der Waals surface area contributed by atoms with Crippen molar-refractivity contribution in [1.82, 2.24) is 5.32 Å². The Morgan fingerprint density at radius 1 is 0.778 bits per heavy atom. The third kappa shape index (κ3) is 2.99. The minimum absolute atomic E-state index is 0.0507. The van der Waals surface area contributed by atoms with Crippen molar-refractivity contribution in [1.29, 1.82) is 0 Å². The van der Waals surface area contributed by atoms with Gasteiger partial charge in [-0.2, -0.15) is 0 Å². The van der Waals surface area contributed by atoms with Crippen molar-refractivity contribution in [3.8, 4) is 0 Å². The first-order chi connectivity index (χ1) is 13.0. The number of ether oxygens (including phenoxy) is 1. The molecule has 4 nitrogen and oxygen atoms in total. The van der Waals surface area contributed by atoms with Crippen LogP contribution in [-0.4, -0.2) is 22.3 Å². The van der Waals surface area contributed by atoms with Crippen molar-refractivity contribution < 1.29 is 4.74 Å². The molecule has 148 valence electrons. The van der Waals surface area contributed by atoms with E-state index in [4.69, 9.17) is 27.7 Å². The standard InChI is InChI=1S/C22H33N3OS/c23-19(24-21-7-13-1-14(8-21)3-15(2-13)9-21)26-20(27)25-22-10-16-4-17(11-22)6-18(5-16)12-22/h13-18H,1-12H2,(H2,23,24)(H,25,27). The fourth-order valence-corrected chi connectivity index (χ4v) is 9.36. The van der Waals surface area contributed by atoms with Crippen LogP contribution in [-0.2, 0) is 4.74 Å². The highest BCUT2D eigenvalue weighted by atomic mass is 32.1. The number of hydrogen-bond acceptors (Lipinski definition) is 3. The largest absolute Gasteiger partial charge is 0.399 e. The summed E-state index contributed by atoms with van der Waals surface area (Å²) in [6, 6.07) is 0.305. The lowest BCUT2D eigenvalue weighted by Crippen LogP contribution is -2.60. The number of nitrogens with two attached hydrogens (primary N) is 1. The van der Waals surface area contributed by atoms with Crippen LogP contribution in [0.25, 0.3) is 0 Å². The Balaban J connectivity index is 1.13. The van der Waals surface area contributed by atoms with Crippen LogP contribution < -0.4 is 11.1 Å². The quantitative estimate of drug-likeness (QED) is 0.425. The van der Waals surface area contributed by atoms with Crippen LogP contribution in [0.1, 0.15) is 77.0 Å². The second-order valence-electron chi connectivity index (χ2n) is 11.3. The van der Waals surface area contributed by atoms with Crippen LogP contribution in [0.15, 0.2) is 4.99 Å². The maximum absolute atomic E-state index is 6.26. The van der Waals surface area contributed by atoms with Gasteiger partial charge < -0.3 is 15.8 Å². The SMILES string of the molecule is NC(=NC12CC3CC(CC(C3)C1)C2)OC(=S)NC12CC3CC(CC(C3)C1)C2. The summed E-state index contributed by atoms with van der Waals surface area (Å²) >= 11 is 5.58. The first-order valence-corrected chi connectivity index (χ1v) is 11.7. The van der Waals surface area contributed by atoms with Gasteiger partial charge in [0.1, 0.15) is 0 Å². The molecule has 0 heterocycles. The van der Waals surface area contributed by atoms with Crippen molar-refractivity contribution in [2.75, 3.05) is 0 Å². The molecule has 8 bridgehead atoms. The van der Waals surface area contributed by atoms with Gasteiger partial charge in [-0.15, -0.1) is 0 Å². The fourth-order valence-electron chi connectivity index (χ4n) is 9.06. The van der Waals surface area contributed by atoms with Crippen LogP contribution in [0, 0.1) is 35.5 Å².